The third kappa shape index (κ3) is 5.13. The minimum atomic E-state index is -0.263. The lowest BCUT2D eigenvalue weighted by molar-refractivity contribution is -0.123. The van der Waals surface area contributed by atoms with Gasteiger partial charge in [-0.2, -0.15) is 0 Å². The van der Waals surface area contributed by atoms with Crippen molar-refractivity contribution in [3.8, 4) is 16.3 Å². The molecule has 0 bridgehead atoms. The highest BCUT2D eigenvalue weighted by atomic mass is 32.1. The zero-order chi connectivity index (χ0) is 18.4. The molecule has 0 aliphatic heterocycles. The Bertz CT molecular complexity index is 878. The third-order valence-electron chi connectivity index (χ3n) is 3.71. The first-order valence-electron chi connectivity index (χ1n) is 8.27. The zero-order valence-corrected chi connectivity index (χ0v) is 15.2. The van der Waals surface area contributed by atoms with Crippen molar-refractivity contribution in [2.24, 2.45) is 0 Å². The van der Waals surface area contributed by atoms with Crippen molar-refractivity contribution in [2.45, 2.75) is 13.3 Å². The Kier molecular flexibility index (Phi) is 5.96. The molecule has 4 nitrogen and oxygen atoms in total. The van der Waals surface area contributed by atoms with Gasteiger partial charge in [-0.25, -0.2) is 9.37 Å². The highest BCUT2D eigenvalue weighted by Gasteiger charge is 2.07. The molecule has 3 rings (SSSR count). The lowest BCUT2D eigenvalue weighted by atomic mass is 10.2. The van der Waals surface area contributed by atoms with Crippen molar-refractivity contribution >= 4 is 17.2 Å². The van der Waals surface area contributed by atoms with E-state index in [0.29, 0.717) is 18.7 Å². The van der Waals surface area contributed by atoms with Gasteiger partial charge >= 0.3 is 0 Å². The molecule has 1 aromatic heterocycles. The molecule has 0 unspecified atom stereocenters. The number of aryl methyl sites for hydroxylation is 1. The molecule has 0 radical (unpaired) electrons. The second-order valence-corrected chi connectivity index (χ2v) is 6.71. The van der Waals surface area contributed by atoms with Gasteiger partial charge in [0, 0.05) is 23.9 Å². The molecule has 0 aliphatic rings. The van der Waals surface area contributed by atoms with Gasteiger partial charge < -0.3 is 10.1 Å². The topological polar surface area (TPSA) is 51.2 Å². The van der Waals surface area contributed by atoms with E-state index in [9.17, 15) is 9.18 Å². The summed E-state index contributed by atoms with van der Waals surface area (Å²) in [6.07, 6.45) is 0.633. The number of ether oxygens (including phenoxy) is 1. The highest BCUT2D eigenvalue weighted by Crippen LogP contribution is 2.23. The molecule has 3 aromatic rings. The molecule has 1 heterocycles. The van der Waals surface area contributed by atoms with E-state index in [4.69, 9.17) is 4.74 Å². The molecule has 0 saturated heterocycles. The third-order valence-corrected chi connectivity index (χ3v) is 4.65. The van der Waals surface area contributed by atoms with E-state index in [0.717, 1.165) is 21.8 Å². The predicted molar refractivity (Wildman–Crippen MR) is 101 cm³/mol. The SMILES string of the molecule is Cc1cccc(OCC(=O)NCCc2csc(-c3ccc(F)cc3)n2)c1. The van der Waals surface area contributed by atoms with Crippen LogP contribution in [0.15, 0.2) is 53.9 Å². The van der Waals surface area contributed by atoms with E-state index in [-0.39, 0.29) is 18.3 Å². The van der Waals surface area contributed by atoms with Crippen LogP contribution in [0.5, 0.6) is 5.75 Å². The first kappa shape index (κ1) is 18.1. The Morgan fingerprint density at radius 1 is 1.23 bits per heavy atom. The monoisotopic (exact) mass is 370 g/mol. The number of nitrogens with zero attached hydrogens (tertiary/aromatic N) is 1. The van der Waals surface area contributed by atoms with E-state index >= 15 is 0 Å². The van der Waals surface area contributed by atoms with E-state index in [1.807, 2.05) is 36.6 Å². The van der Waals surface area contributed by atoms with Gasteiger partial charge in [-0.05, 0) is 48.9 Å². The second-order valence-electron chi connectivity index (χ2n) is 5.86. The molecule has 0 saturated carbocycles. The number of thiazole rings is 1. The van der Waals surface area contributed by atoms with E-state index in [1.54, 1.807) is 12.1 Å². The van der Waals surface area contributed by atoms with E-state index in [2.05, 4.69) is 10.3 Å². The fraction of sp³-hybridized carbons (Fsp3) is 0.200. The molecule has 0 spiro atoms. The maximum Gasteiger partial charge on any atom is 0.257 e. The summed E-state index contributed by atoms with van der Waals surface area (Å²) in [5.74, 6) is 0.255. The molecule has 26 heavy (non-hydrogen) atoms. The van der Waals surface area contributed by atoms with Crippen molar-refractivity contribution in [3.63, 3.8) is 0 Å². The minimum absolute atomic E-state index is 0.0126. The second kappa shape index (κ2) is 8.58. The molecule has 2 aromatic carbocycles. The fourth-order valence-electron chi connectivity index (χ4n) is 2.38. The number of aromatic nitrogens is 1. The maximum atomic E-state index is 13.0. The highest BCUT2D eigenvalue weighted by molar-refractivity contribution is 7.13. The summed E-state index contributed by atoms with van der Waals surface area (Å²) in [5.41, 5.74) is 2.87. The number of benzene rings is 2. The number of nitrogens with one attached hydrogen (secondary N) is 1. The van der Waals surface area contributed by atoms with Gasteiger partial charge in [0.05, 0.1) is 5.69 Å². The maximum absolute atomic E-state index is 13.0. The average Bonchev–Trinajstić information content (AvgIpc) is 3.09. The molecular formula is C20H19FN2O2S. The van der Waals surface area contributed by atoms with Crippen LogP contribution in [0.4, 0.5) is 4.39 Å². The fourth-order valence-corrected chi connectivity index (χ4v) is 3.24. The van der Waals surface area contributed by atoms with E-state index in [1.165, 1.54) is 23.5 Å². The zero-order valence-electron chi connectivity index (χ0n) is 14.4. The minimum Gasteiger partial charge on any atom is -0.484 e. The van der Waals surface area contributed by atoms with Crippen LogP contribution in [-0.4, -0.2) is 24.0 Å². The van der Waals surface area contributed by atoms with Gasteiger partial charge in [-0.15, -0.1) is 11.3 Å². The molecule has 1 amide bonds. The van der Waals surface area contributed by atoms with Crippen LogP contribution in [0.1, 0.15) is 11.3 Å². The standard InChI is InChI=1S/C20H19FN2O2S/c1-14-3-2-4-18(11-14)25-12-19(24)22-10-9-17-13-26-20(23-17)15-5-7-16(21)8-6-15/h2-8,11,13H,9-10,12H2,1H3,(H,22,24). The summed E-state index contributed by atoms with van der Waals surface area (Å²) in [5, 5.41) is 5.62. The number of carbonyl (C=O) groups is 1. The van der Waals surface area contributed by atoms with Crippen molar-refractivity contribution in [3.05, 3.63) is 71.0 Å². The van der Waals surface area contributed by atoms with Crippen LogP contribution in [0.2, 0.25) is 0 Å². The first-order chi connectivity index (χ1) is 12.6. The number of carbonyl (C=O) groups excluding carboxylic acids is 1. The lowest BCUT2D eigenvalue weighted by Crippen LogP contribution is -2.30. The van der Waals surface area contributed by atoms with Gasteiger partial charge in [-0.3, -0.25) is 4.79 Å². The number of amides is 1. The van der Waals surface area contributed by atoms with Crippen LogP contribution in [-0.2, 0) is 11.2 Å². The van der Waals surface area contributed by atoms with Crippen LogP contribution >= 0.6 is 11.3 Å². The first-order valence-corrected chi connectivity index (χ1v) is 9.14. The molecule has 6 heteroatoms. The van der Waals surface area contributed by atoms with Gasteiger partial charge in [0.1, 0.15) is 16.6 Å². The Hall–Kier alpha value is -2.73. The van der Waals surface area contributed by atoms with Crippen molar-refractivity contribution < 1.29 is 13.9 Å². The number of hydrogen-bond donors (Lipinski definition) is 1. The Labute approximate surface area is 155 Å². The molecule has 0 fully saturated rings. The Morgan fingerprint density at radius 3 is 2.81 bits per heavy atom. The summed E-state index contributed by atoms with van der Waals surface area (Å²) in [6, 6.07) is 13.8. The normalized spacial score (nSPS) is 10.5. The van der Waals surface area contributed by atoms with E-state index < -0.39 is 0 Å². The van der Waals surface area contributed by atoms with Crippen molar-refractivity contribution in [2.75, 3.05) is 13.2 Å². The Morgan fingerprint density at radius 2 is 2.04 bits per heavy atom. The van der Waals surface area contributed by atoms with Gasteiger partial charge in [-0.1, -0.05) is 12.1 Å². The van der Waals surface area contributed by atoms with Gasteiger partial charge in [0.2, 0.25) is 0 Å². The predicted octanol–water partition coefficient (Wildman–Crippen LogP) is 4.00. The lowest BCUT2D eigenvalue weighted by Gasteiger charge is -2.07. The summed E-state index contributed by atoms with van der Waals surface area (Å²) in [7, 11) is 0. The van der Waals surface area contributed by atoms with Crippen LogP contribution in [0.3, 0.4) is 0 Å². The molecule has 134 valence electrons. The smallest absolute Gasteiger partial charge is 0.257 e. The summed E-state index contributed by atoms with van der Waals surface area (Å²) in [4.78, 5) is 16.4. The van der Waals surface area contributed by atoms with Crippen LogP contribution in [0, 0.1) is 12.7 Å². The number of halogens is 1. The van der Waals surface area contributed by atoms with Gasteiger partial charge in [0.15, 0.2) is 6.61 Å². The summed E-state index contributed by atoms with van der Waals surface area (Å²) < 4.78 is 18.4. The molecule has 0 atom stereocenters. The quantitative estimate of drug-likeness (QED) is 0.684. The summed E-state index contributed by atoms with van der Waals surface area (Å²) in [6.45, 7) is 2.45. The number of hydrogen-bond acceptors (Lipinski definition) is 4. The van der Waals surface area contributed by atoms with Gasteiger partial charge in [0.25, 0.3) is 5.91 Å². The molecule has 1 N–H and O–H groups in total. The molecular weight excluding hydrogens is 351 g/mol. The van der Waals surface area contributed by atoms with Crippen LogP contribution < -0.4 is 10.1 Å². The van der Waals surface area contributed by atoms with Crippen LogP contribution in [0.25, 0.3) is 10.6 Å². The Balaban J connectivity index is 1.43. The van der Waals surface area contributed by atoms with Crippen molar-refractivity contribution in [1.29, 1.82) is 0 Å². The summed E-state index contributed by atoms with van der Waals surface area (Å²) >= 11 is 1.51. The average molecular weight is 370 g/mol. The number of rotatable bonds is 7. The largest absolute Gasteiger partial charge is 0.484 e. The molecule has 0 aliphatic carbocycles. The van der Waals surface area contributed by atoms with Crippen molar-refractivity contribution in [1.82, 2.24) is 10.3 Å².